The lowest BCUT2D eigenvalue weighted by Gasteiger charge is -2.36. The molecule has 0 aliphatic heterocycles. The van der Waals surface area contributed by atoms with Gasteiger partial charge in [-0.05, 0) is 56.9 Å². The van der Waals surface area contributed by atoms with Crippen LogP contribution in [-0.2, 0) is 0 Å². The van der Waals surface area contributed by atoms with Crippen molar-refractivity contribution in [3.63, 3.8) is 0 Å². The molecule has 1 fully saturated rings. The van der Waals surface area contributed by atoms with Gasteiger partial charge in [0.1, 0.15) is 17.1 Å². The van der Waals surface area contributed by atoms with Gasteiger partial charge in [-0.1, -0.05) is 6.42 Å². The second-order valence-electron chi connectivity index (χ2n) is 4.95. The Morgan fingerprint density at radius 1 is 1.06 bits per heavy atom. The van der Waals surface area contributed by atoms with Crippen molar-refractivity contribution in [2.75, 3.05) is 13.2 Å². The SMILES string of the molecule is CCOc1ccc(OC2(CN)CCCCC2)cc1. The first-order valence-electron chi connectivity index (χ1n) is 6.90. The van der Waals surface area contributed by atoms with E-state index in [1.165, 1.54) is 19.3 Å². The third-order valence-corrected chi connectivity index (χ3v) is 3.61. The van der Waals surface area contributed by atoms with Crippen LogP contribution < -0.4 is 15.2 Å². The number of benzene rings is 1. The van der Waals surface area contributed by atoms with Crippen molar-refractivity contribution in [1.82, 2.24) is 0 Å². The molecule has 0 heterocycles. The summed E-state index contributed by atoms with van der Waals surface area (Å²) >= 11 is 0. The van der Waals surface area contributed by atoms with E-state index in [0.717, 1.165) is 24.3 Å². The van der Waals surface area contributed by atoms with E-state index in [2.05, 4.69) is 0 Å². The standard InChI is InChI=1S/C15H23NO2/c1-2-17-13-6-8-14(9-7-13)18-15(12-16)10-4-3-5-11-15/h6-9H,2-5,10-12,16H2,1H3. The van der Waals surface area contributed by atoms with Gasteiger partial charge in [-0.15, -0.1) is 0 Å². The molecular weight excluding hydrogens is 226 g/mol. The second kappa shape index (κ2) is 6.10. The Hall–Kier alpha value is -1.22. The number of nitrogens with two attached hydrogens (primary N) is 1. The van der Waals surface area contributed by atoms with Gasteiger partial charge in [-0.2, -0.15) is 0 Å². The van der Waals surface area contributed by atoms with Gasteiger partial charge in [0.2, 0.25) is 0 Å². The minimum atomic E-state index is -0.147. The Morgan fingerprint density at radius 3 is 2.22 bits per heavy atom. The van der Waals surface area contributed by atoms with E-state index in [4.69, 9.17) is 15.2 Å². The average Bonchev–Trinajstić information content (AvgIpc) is 2.42. The number of hydrogen-bond donors (Lipinski definition) is 1. The van der Waals surface area contributed by atoms with Crippen molar-refractivity contribution >= 4 is 0 Å². The topological polar surface area (TPSA) is 44.5 Å². The molecule has 0 unspecified atom stereocenters. The molecule has 1 aromatic rings. The highest BCUT2D eigenvalue weighted by Gasteiger charge is 2.32. The third-order valence-electron chi connectivity index (χ3n) is 3.61. The highest BCUT2D eigenvalue weighted by atomic mass is 16.5. The minimum Gasteiger partial charge on any atom is -0.494 e. The first-order chi connectivity index (χ1) is 8.78. The van der Waals surface area contributed by atoms with E-state index in [0.29, 0.717) is 13.2 Å². The highest BCUT2D eigenvalue weighted by Crippen LogP contribution is 2.32. The van der Waals surface area contributed by atoms with Gasteiger partial charge in [-0.25, -0.2) is 0 Å². The molecule has 0 saturated heterocycles. The fraction of sp³-hybridized carbons (Fsp3) is 0.600. The summed E-state index contributed by atoms with van der Waals surface area (Å²) in [5.74, 6) is 1.78. The number of rotatable bonds is 5. The lowest BCUT2D eigenvalue weighted by atomic mass is 9.84. The Balaban J connectivity index is 2.02. The molecule has 100 valence electrons. The van der Waals surface area contributed by atoms with Crippen LogP contribution in [0.4, 0.5) is 0 Å². The highest BCUT2D eigenvalue weighted by molar-refractivity contribution is 5.31. The number of hydrogen-bond acceptors (Lipinski definition) is 3. The molecule has 1 saturated carbocycles. The minimum absolute atomic E-state index is 0.147. The van der Waals surface area contributed by atoms with Crippen LogP contribution >= 0.6 is 0 Å². The van der Waals surface area contributed by atoms with Gasteiger partial charge in [0.05, 0.1) is 6.61 Å². The molecule has 3 heteroatoms. The molecule has 0 bridgehead atoms. The van der Waals surface area contributed by atoms with Crippen LogP contribution in [0.1, 0.15) is 39.0 Å². The summed E-state index contributed by atoms with van der Waals surface area (Å²) in [6.45, 7) is 3.27. The fourth-order valence-electron chi connectivity index (χ4n) is 2.56. The van der Waals surface area contributed by atoms with Gasteiger partial charge in [0, 0.05) is 6.54 Å². The Kier molecular flexibility index (Phi) is 4.48. The molecule has 0 spiro atoms. The predicted molar refractivity (Wildman–Crippen MR) is 73.1 cm³/mol. The van der Waals surface area contributed by atoms with Gasteiger partial charge in [0.15, 0.2) is 0 Å². The molecule has 0 atom stereocenters. The molecule has 18 heavy (non-hydrogen) atoms. The maximum absolute atomic E-state index is 6.14. The van der Waals surface area contributed by atoms with Gasteiger partial charge < -0.3 is 15.2 Å². The van der Waals surface area contributed by atoms with Gasteiger partial charge in [0.25, 0.3) is 0 Å². The lowest BCUT2D eigenvalue weighted by Crippen LogP contribution is -2.45. The molecular formula is C15H23NO2. The van der Waals surface area contributed by atoms with Gasteiger partial charge >= 0.3 is 0 Å². The van der Waals surface area contributed by atoms with E-state index < -0.39 is 0 Å². The van der Waals surface area contributed by atoms with Crippen LogP contribution in [0.15, 0.2) is 24.3 Å². The summed E-state index contributed by atoms with van der Waals surface area (Å²) in [4.78, 5) is 0. The van der Waals surface area contributed by atoms with E-state index in [-0.39, 0.29) is 5.60 Å². The average molecular weight is 249 g/mol. The van der Waals surface area contributed by atoms with E-state index >= 15 is 0 Å². The van der Waals surface area contributed by atoms with Crippen LogP contribution in [0.5, 0.6) is 11.5 Å². The zero-order valence-corrected chi connectivity index (χ0v) is 11.2. The predicted octanol–water partition coefficient (Wildman–Crippen LogP) is 3.13. The first-order valence-corrected chi connectivity index (χ1v) is 6.90. The van der Waals surface area contributed by atoms with E-state index in [9.17, 15) is 0 Å². The van der Waals surface area contributed by atoms with Gasteiger partial charge in [-0.3, -0.25) is 0 Å². The summed E-state index contributed by atoms with van der Waals surface area (Å²) in [5, 5.41) is 0. The van der Waals surface area contributed by atoms with Crippen LogP contribution in [0.3, 0.4) is 0 Å². The summed E-state index contributed by atoms with van der Waals surface area (Å²) in [6.07, 6.45) is 5.87. The largest absolute Gasteiger partial charge is 0.494 e. The molecule has 3 nitrogen and oxygen atoms in total. The summed E-state index contributed by atoms with van der Waals surface area (Å²) < 4.78 is 11.6. The molecule has 2 rings (SSSR count). The van der Waals surface area contributed by atoms with Crippen molar-refractivity contribution in [3.8, 4) is 11.5 Å². The molecule has 0 amide bonds. The summed E-state index contributed by atoms with van der Waals surface area (Å²) in [7, 11) is 0. The van der Waals surface area contributed by atoms with Crippen LogP contribution in [0.2, 0.25) is 0 Å². The smallest absolute Gasteiger partial charge is 0.121 e. The Bertz CT molecular complexity index is 355. The van der Waals surface area contributed by atoms with Crippen LogP contribution in [0, 0.1) is 0 Å². The maximum Gasteiger partial charge on any atom is 0.121 e. The molecule has 1 aliphatic carbocycles. The zero-order valence-electron chi connectivity index (χ0n) is 11.2. The van der Waals surface area contributed by atoms with Crippen molar-refractivity contribution in [2.45, 2.75) is 44.6 Å². The summed E-state index contributed by atoms with van der Waals surface area (Å²) in [6, 6.07) is 7.84. The monoisotopic (exact) mass is 249 g/mol. The normalized spacial score (nSPS) is 18.3. The molecule has 1 aliphatic rings. The van der Waals surface area contributed by atoms with Crippen LogP contribution in [-0.4, -0.2) is 18.8 Å². The molecule has 0 aromatic heterocycles. The second-order valence-corrected chi connectivity index (χ2v) is 4.95. The Labute approximate surface area is 109 Å². The van der Waals surface area contributed by atoms with E-state index in [1.807, 2.05) is 31.2 Å². The maximum atomic E-state index is 6.14. The molecule has 1 aromatic carbocycles. The molecule has 0 radical (unpaired) electrons. The fourth-order valence-corrected chi connectivity index (χ4v) is 2.56. The van der Waals surface area contributed by atoms with Crippen molar-refractivity contribution in [2.24, 2.45) is 5.73 Å². The van der Waals surface area contributed by atoms with Crippen LogP contribution in [0.25, 0.3) is 0 Å². The quantitative estimate of drug-likeness (QED) is 0.872. The summed E-state index contributed by atoms with van der Waals surface area (Å²) in [5.41, 5.74) is 5.77. The molecule has 2 N–H and O–H groups in total. The van der Waals surface area contributed by atoms with E-state index in [1.54, 1.807) is 0 Å². The third kappa shape index (κ3) is 3.16. The van der Waals surface area contributed by atoms with Crippen molar-refractivity contribution in [3.05, 3.63) is 24.3 Å². The van der Waals surface area contributed by atoms with Crippen molar-refractivity contribution < 1.29 is 9.47 Å². The van der Waals surface area contributed by atoms with Crippen molar-refractivity contribution in [1.29, 1.82) is 0 Å². The Morgan fingerprint density at radius 2 is 1.67 bits per heavy atom. The lowest BCUT2D eigenvalue weighted by molar-refractivity contribution is 0.0386. The first kappa shape index (κ1) is 13.2. The number of ether oxygens (including phenoxy) is 2. The zero-order chi connectivity index (χ0) is 12.8.